The van der Waals surface area contributed by atoms with E-state index in [4.69, 9.17) is 5.73 Å². The van der Waals surface area contributed by atoms with Crippen molar-refractivity contribution in [2.24, 2.45) is 5.73 Å². The highest BCUT2D eigenvalue weighted by molar-refractivity contribution is 6.10. The summed E-state index contributed by atoms with van der Waals surface area (Å²) in [4.78, 5) is 28.5. The first-order chi connectivity index (χ1) is 12.8. The van der Waals surface area contributed by atoms with E-state index in [0.717, 1.165) is 35.2 Å². The van der Waals surface area contributed by atoms with Crippen LogP contribution in [-0.2, 0) is 15.8 Å². The van der Waals surface area contributed by atoms with E-state index in [1.807, 2.05) is 12.1 Å². The van der Waals surface area contributed by atoms with Gasteiger partial charge in [-0.3, -0.25) is 14.6 Å². The van der Waals surface area contributed by atoms with Crippen molar-refractivity contribution in [3.63, 3.8) is 0 Å². The van der Waals surface area contributed by atoms with Crippen molar-refractivity contribution < 1.29 is 22.8 Å². The number of carbonyl (C=O) groups excluding carboxylic acids is 2. The number of anilines is 1. The van der Waals surface area contributed by atoms with E-state index in [1.165, 1.54) is 6.20 Å². The van der Waals surface area contributed by atoms with Crippen LogP contribution in [0.2, 0.25) is 0 Å². The van der Waals surface area contributed by atoms with Gasteiger partial charge in [0.2, 0.25) is 11.8 Å². The number of fused-ring (bicyclic) bond motifs is 1. The molecule has 3 rings (SSSR count). The van der Waals surface area contributed by atoms with Crippen LogP contribution in [-0.4, -0.2) is 16.8 Å². The summed E-state index contributed by atoms with van der Waals surface area (Å²) in [7, 11) is 0. The average molecular weight is 373 g/mol. The fraction of sp³-hybridized carbons (Fsp3) is 0.105. The highest BCUT2D eigenvalue weighted by Crippen LogP contribution is 2.30. The van der Waals surface area contributed by atoms with Gasteiger partial charge in [-0.2, -0.15) is 13.2 Å². The maximum atomic E-state index is 12.7. The molecule has 0 aliphatic carbocycles. The Morgan fingerprint density at radius 2 is 1.70 bits per heavy atom. The molecule has 3 aromatic rings. The van der Waals surface area contributed by atoms with Crippen LogP contribution in [0.25, 0.3) is 10.9 Å². The Kier molecular flexibility index (Phi) is 4.81. The molecular weight excluding hydrogens is 359 g/mol. The van der Waals surface area contributed by atoms with Gasteiger partial charge in [-0.1, -0.05) is 30.3 Å². The van der Waals surface area contributed by atoms with E-state index in [2.05, 4.69) is 10.3 Å². The summed E-state index contributed by atoms with van der Waals surface area (Å²) in [6, 6.07) is 12.6. The monoisotopic (exact) mass is 373 g/mol. The predicted octanol–water partition coefficient (Wildman–Crippen LogP) is 3.46. The van der Waals surface area contributed by atoms with Gasteiger partial charge in [-0.05, 0) is 29.8 Å². The van der Waals surface area contributed by atoms with Crippen LogP contribution >= 0.6 is 0 Å². The van der Waals surface area contributed by atoms with Crippen molar-refractivity contribution in [2.75, 3.05) is 5.32 Å². The zero-order valence-corrected chi connectivity index (χ0v) is 13.8. The third kappa shape index (κ3) is 4.05. The number of hydrogen-bond acceptors (Lipinski definition) is 3. The van der Waals surface area contributed by atoms with Gasteiger partial charge in [-0.25, -0.2) is 0 Å². The van der Waals surface area contributed by atoms with Crippen molar-refractivity contribution >= 4 is 28.4 Å². The van der Waals surface area contributed by atoms with Gasteiger partial charge in [0.1, 0.15) is 5.92 Å². The molecule has 0 aliphatic heterocycles. The summed E-state index contributed by atoms with van der Waals surface area (Å²) in [5, 5.41) is 3.31. The van der Waals surface area contributed by atoms with Crippen molar-refractivity contribution in [3.8, 4) is 0 Å². The number of rotatable bonds is 4. The summed E-state index contributed by atoms with van der Waals surface area (Å²) < 4.78 is 38.0. The predicted molar refractivity (Wildman–Crippen MR) is 93.8 cm³/mol. The van der Waals surface area contributed by atoms with E-state index in [0.29, 0.717) is 5.69 Å². The third-order valence-corrected chi connectivity index (χ3v) is 3.98. The zero-order valence-electron chi connectivity index (χ0n) is 13.8. The minimum atomic E-state index is -4.51. The minimum absolute atomic E-state index is 0.0711. The maximum Gasteiger partial charge on any atom is 0.416 e. The largest absolute Gasteiger partial charge is 0.416 e. The van der Waals surface area contributed by atoms with E-state index in [9.17, 15) is 22.8 Å². The summed E-state index contributed by atoms with van der Waals surface area (Å²) in [5.41, 5.74) is 5.56. The quantitative estimate of drug-likeness (QED) is 0.687. The Morgan fingerprint density at radius 1 is 1.04 bits per heavy atom. The van der Waals surface area contributed by atoms with Gasteiger partial charge in [-0.15, -0.1) is 0 Å². The number of primary amides is 1. The van der Waals surface area contributed by atoms with Crippen LogP contribution in [0.15, 0.2) is 60.8 Å². The van der Waals surface area contributed by atoms with Crippen LogP contribution in [0.4, 0.5) is 18.9 Å². The molecule has 3 N–H and O–H groups in total. The molecule has 0 saturated heterocycles. The number of nitrogens with one attached hydrogen (secondary N) is 1. The van der Waals surface area contributed by atoms with Crippen LogP contribution in [0.5, 0.6) is 0 Å². The molecular formula is C19H14F3N3O2. The van der Waals surface area contributed by atoms with Crippen molar-refractivity contribution in [2.45, 2.75) is 12.1 Å². The number of alkyl halides is 3. The Bertz CT molecular complexity index is 1000. The molecule has 0 bridgehead atoms. The lowest BCUT2D eigenvalue weighted by molar-refractivity contribution is -0.137. The molecule has 0 spiro atoms. The smallest absolute Gasteiger partial charge is 0.369 e. The second-order valence-corrected chi connectivity index (χ2v) is 5.86. The first-order valence-electron chi connectivity index (χ1n) is 7.88. The number of hydrogen-bond donors (Lipinski definition) is 2. The van der Waals surface area contributed by atoms with E-state index in [1.54, 1.807) is 18.2 Å². The van der Waals surface area contributed by atoms with E-state index < -0.39 is 29.5 Å². The molecule has 2 amide bonds. The maximum absolute atomic E-state index is 12.7. The minimum Gasteiger partial charge on any atom is -0.369 e. The molecule has 27 heavy (non-hydrogen) atoms. The van der Waals surface area contributed by atoms with Gasteiger partial charge < -0.3 is 11.1 Å². The molecule has 0 aliphatic rings. The first kappa shape index (κ1) is 18.4. The topological polar surface area (TPSA) is 85.1 Å². The standard InChI is InChI=1S/C19H14F3N3O2/c20-19(21,22)13-7-5-11(6-8-13)16(17(23)26)18(27)25-14-9-12-3-1-2-4-15(12)24-10-14/h1-10,16H,(H2,23,26)(H,25,27). The second-order valence-electron chi connectivity index (χ2n) is 5.86. The molecule has 1 aromatic heterocycles. The fourth-order valence-corrected chi connectivity index (χ4v) is 2.66. The Morgan fingerprint density at radius 3 is 2.33 bits per heavy atom. The summed E-state index contributed by atoms with van der Waals surface area (Å²) >= 11 is 0. The highest BCUT2D eigenvalue weighted by atomic mass is 19.4. The summed E-state index contributed by atoms with van der Waals surface area (Å²) in [6.07, 6.45) is -3.09. The number of nitrogens with zero attached hydrogens (tertiary/aromatic N) is 1. The third-order valence-electron chi connectivity index (χ3n) is 3.98. The van der Waals surface area contributed by atoms with E-state index in [-0.39, 0.29) is 5.56 Å². The lowest BCUT2D eigenvalue weighted by Crippen LogP contribution is -2.32. The summed E-state index contributed by atoms with van der Waals surface area (Å²) in [6.45, 7) is 0. The Balaban J connectivity index is 1.85. The van der Waals surface area contributed by atoms with Crippen LogP contribution < -0.4 is 11.1 Å². The molecule has 8 heteroatoms. The molecule has 2 aromatic carbocycles. The van der Waals surface area contributed by atoms with Crippen molar-refractivity contribution in [3.05, 3.63) is 71.9 Å². The van der Waals surface area contributed by atoms with Gasteiger partial charge in [0.05, 0.1) is 23.0 Å². The van der Waals surface area contributed by atoms with Crippen molar-refractivity contribution in [1.82, 2.24) is 4.98 Å². The molecule has 1 atom stereocenters. The van der Waals surface area contributed by atoms with Crippen LogP contribution in [0.1, 0.15) is 17.0 Å². The van der Waals surface area contributed by atoms with Gasteiger partial charge in [0, 0.05) is 5.39 Å². The number of aromatic nitrogens is 1. The number of nitrogens with two attached hydrogens (primary N) is 1. The molecule has 138 valence electrons. The van der Waals surface area contributed by atoms with Crippen molar-refractivity contribution in [1.29, 1.82) is 0 Å². The molecule has 0 fully saturated rings. The first-order valence-corrected chi connectivity index (χ1v) is 7.88. The lowest BCUT2D eigenvalue weighted by Gasteiger charge is -2.15. The van der Waals surface area contributed by atoms with Gasteiger partial charge in [0.25, 0.3) is 0 Å². The zero-order chi connectivity index (χ0) is 19.6. The Hall–Kier alpha value is -3.42. The fourth-order valence-electron chi connectivity index (χ4n) is 2.66. The van der Waals surface area contributed by atoms with Crippen LogP contribution in [0, 0.1) is 0 Å². The Labute approximate surface area is 152 Å². The number of carbonyl (C=O) groups is 2. The number of amides is 2. The molecule has 1 unspecified atom stereocenters. The molecule has 5 nitrogen and oxygen atoms in total. The summed E-state index contributed by atoms with van der Waals surface area (Å²) in [5.74, 6) is -3.15. The SMILES string of the molecule is NC(=O)C(C(=O)Nc1cnc2ccccc2c1)c1ccc(C(F)(F)F)cc1. The van der Waals surface area contributed by atoms with Gasteiger partial charge in [0.15, 0.2) is 0 Å². The average Bonchev–Trinajstić information content (AvgIpc) is 2.61. The molecule has 1 heterocycles. The number of benzene rings is 2. The van der Waals surface area contributed by atoms with E-state index >= 15 is 0 Å². The highest BCUT2D eigenvalue weighted by Gasteiger charge is 2.32. The van der Waals surface area contributed by atoms with Gasteiger partial charge >= 0.3 is 6.18 Å². The molecule has 0 saturated carbocycles. The molecule has 0 radical (unpaired) electrons. The number of para-hydroxylation sites is 1. The van der Waals surface area contributed by atoms with Crippen LogP contribution in [0.3, 0.4) is 0 Å². The number of pyridine rings is 1. The number of halogens is 3. The lowest BCUT2D eigenvalue weighted by atomic mass is 9.96. The second kappa shape index (κ2) is 7.06. The normalized spacial score (nSPS) is 12.6.